The molecular formula is C13H26N2O3. The van der Waals surface area contributed by atoms with Crippen LogP contribution in [0.3, 0.4) is 0 Å². The molecule has 0 spiro atoms. The van der Waals surface area contributed by atoms with Gasteiger partial charge < -0.3 is 20.1 Å². The van der Waals surface area contributed by atoms with E-state index in [1.165, 1.54) is 0 Å². The number of hydrogen-bond acceptors (Lipinski definition) is 4. The van der Waals surface area contributed by atoms with Crippen LogP contribution in [0.5, 0.6) is 0 Å². The number of aliphatic hydroxyl groups is 1. The van der Waals surface area contributed by atoms with E-state index < -0.39 is 0 Å². The zero-order valence-electron chi connectivity index (χ0n) is 11.5. The highest BCUT2D eigenvalue weighted by molar-refractivity contribution is 5.67. The monoisotopic (exact) mass is 258 g/mol. The average Bonchev–Trinajstić information content (AvgIpc) is 2.39. The van der Waals surface area contributed by atoms with E-state index in [1.807, 2.05) is 13.8 Å². The molecule has 1 saturated heterocycles. The Labute approximate surface area is 109 Å². The van der Waals surface area contributed by atoms with E-state index in [1.54, 1.807) is 4.90 Å². The number of nitrogens with zero attached hydrogens (tertiary/aromatic N) is 1. The van der Waals surface area contributed by atoms with Gasteiger partial charge in [0.2, 0.25) is 0 Å². The SMILES string of the molecule is CCOC(=O)N1CCC(NCCC(O)CC)CC1. The molecule has 0 bridgehead atoms. The molecule has 1 amide bonds. The summed E-state index contributed by atoms with van der Waals surface area (Å²) in [5, 5.41) is 12.9. The summed E-state index contributed by atoms with van der Waals surface area (Å²) in [7, 11) is 0. The van der Waals surface area contributed by atoms with Crippen molar-refractivity contribution in [2.75, 3.05) is 26.2 Å². The summed E-state index contributed by atoms with van der Waals surface area (Å²) in [5.41, 5.74) is 0. The Bertz CT molecular complexity index is 240. The predicted octanol–water partition coefficient (Wildman–Crippen LogP) is 1.36. The van der Waals surface area contributed by atoms with Crippen molar-refractivity contribution in [1.82, 2.24) is 10.2 Å². The Hall–Kier alpha value is -0.810. The normalized spacial score (nSPS) is 18.7. The number of ether oxygens (including phenoxy) is 1. The van der Waals surface area contributed by atoms with E-state index in [2.05, 4.69) is 5.32 Å². The van der Waals surface area contributed by atoms with Crippen LogP contribution in [0, 0.1) is 0 Å². The fourth-order valence-corrected chi connectivity index (χ4v) is 2.14. The quantitative estimate of drug-likeness (QED) is 0.755. The summed E-state index contributed by atoms with van der Waals surface area (Å²) in [4.78, 5) is 13.3. The lowest BCUT2D eigenvalue weighted by molar-refractivity contribution is 0.0945. The van der Waals surface area contributed by atoms with Crippen LogP contribution in [0.2, 0.25) is 0 Å². The van der Waals surface area contributed by atoms with Gasteiger partial charge in [-0.15, -0.1) is 0 Å². The lowest BCUT2D eigenvalue weighted by atomic mass is 10.1. The first-order valence-electron chi connectivity index (χ1n) is 7.00. The van der Waals surface area contributed by atoms with Crippen molar-refractivity contribution in [2.45, 2.75) is 51.7 Å². The Morgan fingerprint density at radius 1 is 1.44 bits per heavy atom. The predicted molar refractivity (Wildman–Crippen MR) is 70.5 cm³/mol. The van der Waals surface area contributed by atoms with Gasteiger partial charge in [0.1, 0.15) is 0 Å². The number of rotatable bonds is 6. The topological polar surface area (TPSA) is 61.8 Å². The van der Waals surface area contributed by atoms with E-state index in [4.69, 9.17) is 4.74 Å². The maximum atomic E-state index is 11.5. The fourth-order valence-electron chi connectivity index (χ4n) is 2.14. The lowest BCUT2D eigenvalue weighted by Crippen LogP contribution is -2.45. The molecule has 5 nitrogen and oxygen atoms in total. The van der Waals surface area contributed by atoms with Crippen LogP contribution in [0.15, 0.2) is 0 Å². The van der Waals surface area contributed by atoms with Gasteiger partial charge in [0.25, 0.3) is 0 Å². The zero-order valence-corrected chi connectivity index (χ0v) is 11.5. The number of carbonyl (C=O) groups is 1. The summed E-state index contributed by atoms with van der Waals surface area (Å²) < 4.78 is 4.98. The maximum Gasteiger partial charge on any atom is 0.409 e. The van der Waals surface area contributed by atoms with Crippen LogP contribution < -0.4 is 5.32 Å². The Balaban J connectivity index is 2.13. The molecule has 106 valence electrons. The van der Waals surface area contributed by atoms with E-state index >= 15 is 0 Å². The van der Waals surface area contributed by atoms with E-state index in [9.17, 15) is 9.90 Å². The minimum absolute atomic E-state index is 0.197. The first kappa shape index (κ1) is 15.2. The third-order valence-corrected chi connectivity index (χ3v) is 3.40. The molecule has 0 aromatic carbocycles. The summed E-state index contributed by atoms with van der Waals surface area (Å²) >= 11 is 0. The minimum Gasteiger partial charge on any atom is -0.450 e. The molecule has 1 rings (SSSR count). The van der Waals surface area contributed by atoms with Gasteiger partial charge in [-0.25, -0.2) is 4.79 Å². The second-order valence-corrected chi connectivity index (χ2v) is 4.77. The van der Waals surface area contributed by atoms with Crippen molar-refractivity contribution in [3.05, 3.63) is 0 Å². The van der Waals surface area contributed by atoms with Crippen molar-refractivity contribution in [2.24, 2.45) is 0 Å². The standard InChI is InChI=1S/C13H26N2O3/c1-3-12(16)5-8-14-11-6-9-15(10-7-11)13(17)18-4-2/h11-12,14,16H,3-10H2,1-2H3. The van der Waals surface area contributed by atoms with E-state index in [0.717, 1.165) is 45.3 Å². The van der Waals surface area contributed by atoms with Gasteiger partial charge in [0, 0.05) is 19.1 Å². The molecule has 5 heteroatoms. The van der Waals surface area contributed by atoms with Gasteiger partial charge in [-0.2, -0.15) is 0 Å². The van der Waals surface area contributed by atoms with Gasteiger partial charge in [-0.1, -0.05) is 6.92 Å². The lowest BCUT2D eigenvalue weighted by Gasteiger charge is -2.31. The highest BCUT2D eigenvalue weighted by Crippen LogP contribution is 2.11. The number of likely N-dealkylation sites (tertiary alicyclic amines) is 1. The second kappa shape index (κ2) is 8.32. The Kier molecular flexibility index (Phi) is 7.05. The van der Waals surface area contributed by atoms with Gasteiger partial charge in [-0.3, -0.25) is 0 Å². The molecule has 0 saturated carbocycles. The van der Waals surface area contributed by atoms with Crippen molar-refractivity contribution >= 4 is 6.09 Å². The number of hydrogen-bond donors (Lipinski definition) is 2. The molecule has 1 heterocycles. The van der Waals surface area contributed by atoms with Crippen LogP contribution in [0.25, 0.3) is 0 Å². The fraction of sp³-hybridized carbons (Fsp3) is 0.923. The van der Waals surface area contributed by atoms with Gasteiger partial charge in [-0.05, 0) is 39.2 Å². The third-order valence-electron chi connectivity index (χ3n) is 3.40. The maximum absolute atomic E-state index is 11.5. The number of piperidine rings is 1. The van der Waals surface area contributed by atoms with Crippen molar-refractivity contribution < 1.29 is 14.6 Å². The van der Waals surface area contributed by atoms with E-state index in [-0.39, 0.29) is 12.2 Å². The first-order valence-corrected chi connectivity index (χ1v) is 7.00. The number of carbonyl (C=O) groups excluding carboxylic acids is 1. The highest BCUT2D eigenvalue weighted by atomic mass is 16.6. The Morgan fingerprint density at radius 3 is 2.67 bits per heavy atom. The molecule has 0 aliphatic carbocycles. The Morgan fingerprint density at radius 2 is 2.11 bits per heavy atom. The molecule has 1 fully saturated rings. The molecule has 0 radical (unpaired) electrons. The molecule has 1 aliphatic rings. The number of aliphatic hydroxyl groups excluding tert-OH is 1. The average molecular weight is 258 g/mol. The summed E-state index contributed by atoms with van der Waals surface area (Å²) in [6, 6.07) is 0.458. The van der Waals surface area contributed by atoms with Gasteiger partial charge in [0.05, 0.1) is 12.7 Å². The molecule has 2 N–H and O–H groups in total. The van der Waals surface area contributed by atoms with Crippen LogP contribution >= 0.6 is 0 Å². The van der Waals surface area contributed by atoms with Gasteiger partial charge >= 0.3 is 6.09 Å². The van der Waals surface area contributed by atoms with Crippen LogP contribution in [-0.4, -0.2) is 54.5 Å². The first-order chi connectivity index (χ1) is 8.67. The smallest absolute Gasteiger partial charge is 0.409 e. The minimum atomic E-state index is -0.197. The highest BCUT2D eigenvalue weighted by Gasteiger charge is 2.22. The molecule has 1 atom stereocenters. The van der Waals surface area contributed by atoms with Crippen molar-refractivity contribution in [3.8, 4) is 0 Å². The summed E-state index contributed by atoms with van der Waals surface area (Å²) in [5.74, 6) is 0. The molecular weight excluding hydrogens is 232 g/mol. The zero-order chi connectivity index (χ0) is 13.4. The molecule has 1 aliphatic heterocycles. The second-order valence-electron chi connectivity index (χ2n) is 4.77. The van der Waals surface area contributed by atoms with E-state index in [0.29, 0.717) is 12.6 Å². The number of nitrogens with one attached hydrogen (secondary N) is 1. The summed E-state index contributed by atoms with van der Waals surface area (Å²) in [6.45, 7) is 6.61. The third kappa shape index (κ3) is 5.23. The van der Waals surface area contributed by atoms with Crippen molar-refractivity contribution in [3.63, 3.8) is 0 Å². The van der Waals surface area contributed by atoms with Gasteiger partial charge in [0.15, 0.2) is 0 Å². The largest absolute Gasteiger partial charge is 0.450 e. The molecule has 1 unspecified atom stereocenters. The molecule has 0 aromatic rings. The molecule has 18 heavy (non-hydrogen) atoms. The number of amides is 1. The van der Waals surface area contributed by atoms with Crippen LogP contribution in [0.4, 0.5) is 4.79 Å². The van der Waals surface area contributed by atoms with Crippen LogP contribution in [0.1, 0.15) is 39.5 Å². The summed E-state index contributed by atoms with van der Waals surface area (Å²) in [6.07, 6.45) is 3.13. The van der Waals surface area contributed by atoms with Crippen LogP contribution in [-0.2, 0) is 4.74 Å². The molecule has 0 aromatic heterocycles. The van der Waals surface area contributed by atoms with Crippen molar-refractivity contribution in [1.29, 1.82) is 0 Å².